The van der Waals surface area contributed by atoms with Crippen LogP contribution in [-0.4, -0.2) is 30.1 Å². The van der Waals surface area contributed by atoms with Crippen LogP contribution in [0.15, 0.2) is 18.2 Å². The predicted octanol–water partition coefficient (Wildman–Crippen LogP) is 3.78. The highest BCUT2D eigenvalue weighted by Gasteiger charge is 2.14. The minimum absolute atomic E-state index is 0.136. The number of hydrogen-bond donors (Lipinski definition) is 0. The van der Waals surface area contributed by atoms with Crippen LogP contribution >= 0.6 is 0 Å². The molecule has 0 aromatic carbocycles. The number of carbonyl (C=O) groups excluding carboxylic acids is 2. The maximum atomic E-state index is 11.9. The Kier molecular flexibility index (Phi) is 8.88. The molecule has 0 aliphatic carbocycles. The number of nitrogens with zero attached hydrogens (tertiary/aromatic N) is 1. The maximum Gasteiger partial charge on any atom is 0.356 e. The number of carbonyl (C=O) groups is 2. The Morgan fingerprint density at radius 1 is 0.864 bits per heavy atom. The third-order valence-electron chi connectivity index (χ3n) is 3.13. The largest absolute Gasteiger partial charge is 0.461 e. The summed E-state index contributed by atoms with van der Waals surface area (Å²) in [5.41, 5.74) is 0.275. The van der Waals surface area contributed by atoms with E-state index in [2.05, 4.69) is 11.9 Å². The van der Waals surface area contributed by atoms with E-state index in [0.29, 0.717) is 13.2 Å². The lowest BCUT2D eigenvalue weighted by Gasteiger charge is -2.06. The van der Waals surface area contributed by atoms with Gasteiger partial charge in [0.25, 0.3) is 0 Å². The lowest BCUT2D eigenvalue weighted by Crippen LogP contribution is -2.13. The van der Waals surface area contributed by atoms with E-state index >= 15 is 0 Å². The van der Waals surface area contributed by atoms with E-state index in [9.17, 15) is 9.59 Å². The van der Waals surface area contributed by atoms with Crippen LogP contribution in [0.5, 0.6) is 0 Å². The Bertz CT molecular complexity index is 473. The first-order valence-corrected chi connectivity index (χ1v) is 8.00. The molecule has 0 amide bonds. The van der Waals surface area contributed by atoms with Gasteiger partial charge in [0.1, 0.15) is 11.4 Å². The number of rotatable bonds is 10. The highest BCUT2D eigenvalue weighted by atomic mass is 16.5. The quantitative estimate of drug-likeness (QED) is 0.486. The summed E-state index contributed by atoms with van der Waals surface area (Å²) < 4.78 is 10.2. The van der Waals surface area contributed by atoms with Crippen molar-refractivity contribution >= 4 is 11.9 Å². The molecule has 0 saturated carbocycles. The summed E-state index contributed by atoms with van der Waals surface area (Å²) in [6, 6.07) is 4.68. The molecule has 0 N–H and O–H groups in total. The fraction of sp³-hybridized carbons (Fsp3) is 0.588. The van der Waals surface area contributed by atoms with E-state index in [0.717, 1.165) is 38.5 Å². The Labute approximate surface area is 132 Å². The molecule has 0 unspecified atom stereocenters. The molecular formula is C17H25NO4. The van der Waals surface area contributed by atoms with Gasteiger partial charge in [-0.15, -0.1) is 0 Å². The van der Waals surface area contributed by atoms with Gasteiger partial charge in [0, 0.05) is 0 Å². The van der Waals surface area contributed by atoms with E-state index in [1.807, 2.05) is 6.92 Å². The number of hydrogen-bond acceptors (Lipinski definition) is 5. The monoisotopic (exact) mass is 307 g/mol. The van der Waals surface area contributed by atoms with Crippen molar-refractivity contribution in [3.8, 4) is 0 Å². The summed E-state index contributed by atoms with van der Waals surface area (Å²) in [6.07, 6.45) is 5.92. The Morgan fingerprint density at radius 3 is 1.95 bits per heavy atom. The zero-order valence-electron chi connectivity index (χ0n) is 13.5. The van der Waals surface area contributed by atoms with E-state index in [1.54, 1.807) is 6.07 Å². The van der Waals surface area contributed by atoms with Gasteiger partial charge in [0.15, 0.2) is 0 Å². The molecule has 1 aromatic heterocycles. The van der Waals surface area contributed by atoms with Crippen molar-refractivity contribution in [2.45, 2.75) is 52.4 Å². The summed E-state index contributed by atoms with van der Waals surface area (Å²) in [5, 5.41) is 0. The fourth-order valence-corrected chi connectivity index (χ4v) is 1.81. The molecule has 0 aliphatic heterocycles. The second kappa shape index (κ2) is 10.8. The molecule has 5 nitrogen and oxygen atoms in total. The van der Waals surface area contributed by atoms with Gasteiger partial charge < -0.3 is 9.47 Å². The van der Waals surface area contributed by atoms with Gasteiger partial charge in [-0.05, 0) is 25.0 Å². The number of aromatic nitrogens is 1. The third kappa shape index (κ3) is 6.70. The van der Waals surface area contributed by atoms with Crippen LogP contribution in [0.2, 0.25) is 0 Å². The summed E-state index contributed by atoms with van der Waals surface area (Å²) in [7, 11) is 0. The van der Waals surface area contributed by atoms with Crippen LogP contribution in [0, 0.1) is 0 Å². The van der Waals surface area contributed by atoms with E-state index < -0.39 is 11.9 Å². The van der Waals surface area contributed by atoms with Crippen molar-refractivity contribution in [3.05, 3.63) is 29.6 Å². The third-order valence-corrected chi connectivity index (χ3v) is 3.13. The topological polar surface area (TPSA) is 65.5 Å². The molecule has 0 atom stereocenters. The number of unbranched alkanes of at least 4 members (excludes halogenated alkanes) is 4. The standard InChI is InChI=1S/C17H25NO4/c1-3-5-7-8-13-22-17(20)15-11-9-10-14(18-15)16(19)21-12-6-4-2/h9-11H,3-8,12-13H2,1-2H3. The average Bonchev–Trinajstić information content (AvgIpc) is 2.54. The first-order valence-electron chi connectivity index (χ1n) is 8.00. The van der Waals surface area contributed by atoms with Crippen molar-refractivity contribution in [1.82, 2.24) is 4.98 Å². The molecule has 122 valence electrons. The normalized spacial score (nSPS) is 10.3. The number of esters is 2. The molecule has 1 aromatic rings. The maximum absolute atomic E-state index is 11.9. The smallest absolute Gasteiger partial charge is 0.356 e. The lowest BCUT2D eigenvalue weighted by molar-refractivity contribution is 0.0483. The number of ether oxygens (including phenoxy) is 2. The Balaban J connectivity index is 2.48. The minimum atomic E-state index is -0.508. The lowest BCUT2D eigenvalue weighted by atomic mass is 10.2. The number of pyridine rings is 1. The van der Waals surface area contributed by atoms with Crippen LogP contribution in [0.25, 0.3) is 0 Å². The van der Waals surface area contributed by atoms with Gasteiger partial charge in [-0.2, -0.15) is 0 Å². The molecule has 1 rings (SSSR count). The molecule has 22 heavy (non-hydrogen) atoms. The molecule has 0 aliphatic rings. The van der Waals surface area contributed by atoms with Crippen molar-refractivity contribution in [2.75, 3.05) is 13.2 Å². The van der Waals surface area contributed by atoms with Crippen LogP contribution < -0.4 is 0 Å². The van der Waals surface area contributed by atoms with Crippen molar-refractivity contribution in [1.29, 1.82) is 0 Å². The zero-order valence-corrected chi connectivity index (χ0v) is 13.5. The summed E-state index contributed by atoms with van der Waals surface area (Å²) in [6.45, 7) is 4.89. The molecule has 0 fully saturated rings. The summed E-state index contributed by atoms with van der Waals surface area (Å²) >= 11 is 0. The Hall–Kier alpha value is -1.91. The van der Waals surface area contributed by atoms with Gasteiger partial charge in [-0.1, -0.05) is 45.6 Å². The van der Waals surface area contributed by atoms with Crippen LogP contribution in [0.3, 0.4) is 0 Å². The second-order valence-corrected chi connectivity index (χ2v) is 5.09. The van der Waals surface area contributed by atoms with Gasteiger partial charge in [0.2, 0.25) is 0 Å². The highest BCUT2D eigenvalue weighted by Crippen LogP contribution is 2.06. The van der Waals surface area contributed by atoms with Gasteiger partial charge in [-0.25, -0.2) is 14.6 Å². The van der Waals surface area contributed by atoms with Crippen LogP contribution in [0.4, 0.5) is 0 Å². The predicted molar refractivity (Wildman–Crippen MR) is 83.9 cm³/mol. The zero-order chi connectivity index (χ0) is 16.2. The van der Waals surface area contributed by atoms with Crippen LogP contribution in [0.1, 0.15) is 73.3 Å². The van der Waals surface area contributed by atoms with Gasteiger partial charge in [-0.3, -0.25) is 0 Å². The highest BCUT2D eigenvalue weighted by molar-refractivity contribution is 5.91. The van der Waals surface area contributed by atoms with Gasteiger partial charge >= 0.3 is 11.9 Å². The van der Waals surface area contributed by atoms with Crippen molar-refractivity contribution in [3.63, 3.8) is 0 Å². The molecule has 0 spiro atoms. The molecular weight excluding hydrogens is 282 g/mol. The Morgan fingerprint density at radius 2 is 1.41 bits per heavy atom. The first-order chi connectivity index (χ1) is 10.7. The van der Waals surface area contributed by atoms with Crippen molar-refractivity contribution < 1.29 is 19.1 Å². The first kappa shape index (κ1) is 18.1. The van der Waals surface area contributed by atoms with E-state index in [-0.39, 0.29) is 11.4 Å². The second-order valence-electron chi connectivity index (χ2n) is 5.09. The SMILES string of the molecule is CCCCCCOC(=O)c1cccc(C(=O)OCCCC)n1. The summed E-state index contributed by atoms with van der Waals surface area (Å²) in [5.74, 6) is -1.01. The molecule has 0 radical (unpaired) electrons. The molecule has 0 bridgehead atoms. The summed E-state index contributed by atoms with van der Waals surface area (Å²) in [4.78, 5) is 27.7. The molecule has 1 heterocycles. The molecule has 0 saturated heterocycles. The van der Waals surface area contributed by atoms with Gasteiger partial charge in [0.05, 0.1) is 13.2 Å². The van der Waals surface area contributed by atoms with E-state index in [4.69, 9.17) is 9.47 Å². The van der Waals surface area contributed by atoms with E-state index in [1.165, 1.54) is 12.1 Å². The fourth-order valence-electron chi connectivity index (χ4n) is 1.81. The average molecular weight is 307 g/mol. The van der Waals surface area contributed by atoms with Crippen molar-refractivity contribution in [2.24, 2.45) is 0 Å². The molecule has 5 heteroatoms. The minimum Gasteiger partial charge on any atom is -0.461 e. The van der Waals surface area contributed by atoms with Crippen LogP contribution in [-0.2, 0) is 9.47 Å².